The molecule has 2 aromatic heterocycles. The van der Waals surface area contributed by atoms with Gasteiger partial charge in [-0.25, -0.2) is 8.96 Å². The molecule has 4 aromatic rings. The summed E-state index contributed by atoms with van der Waals surface area (Å²) >= 11 is 0. The summed E-state index contributed by atoms with van der Waals surface area (Å²) in [6.45, 7) is 0. The molecule has 114 valence electrons. The van der Waals surface area contributed by atoms with Crippen LogP contribution in [0.3, 0.4) is 0 Å². The number of hydrogen-bond acceptors (Lipinski definition) is 4. The number of rotatable bonds is 2. The van der Waals surface area contributed by atoms with Crippen LogP contribution in [0.1, 0.15) is 0 Å². The zero-order chi connectivity index (χ0) is 16.0. The number of hydrogen-bond donors (Lipinski definition) is 0. The van der Waals surface area contributed by atoms with E-state index in [0.29, 0.717) is 16.8 Å². The minimum atomic E-state index is -0.408. The molecule has 0 radical (unpaired) electrons. The van der Waals surface area contributed by atoms with Gasteiger partial charge in [0, 0.05) is 5.39 Å². The Labute approximate surface area is 129 Å². The summed E-state index contributed by atoms with van der Waals surface area (Å²) in [5.41, 5.74) is 1.20. The second kappa shape index (κ2) is 4.95. The Morgan fingerprint density at radius 3 is 2.61 bits per heavy atom. The molecule has 0 fully saturated rings. The molecule has 4 rings (SSSR count). The fourth-order valence-corrected chi connectivity index (χ4v) is 2.58. The quantitative estimate of drug-likeness (QED) is 0.570. The van der Waals surface area contributed by atoms with Crippen LogP contribution in [-0.2, 0) is 0 Å². The summed E-state index contributed by atoms with van der Waals surface area (Å²) in [6.07, 6.45) is 0. The third kappa shape index (κ3) is 1.99. The molecule has 23 heavy (non-hydrogen) atoms. The van der Waals surface area contributed by atoms with Crippen LogP contribution in [-0.4, -0.2) is 16.7 Å². The number of nitrogens with zero attached hydrogens (tertiary/aromatic N) is 2. The van der Waals surface area contributed by atoms with Crippen LogP contribution < -0.4 is 10.3 Å². The van der Waals surface area contributed by atoms with Gasteiger partial charge < -0.3 is 9.15 Å². The first-order valence-corrected chi connectivity index (χ1v) is 6.93. The second-order valence-corrected chi connectivity index (χ2v) is 4.99. The molecule has 2 aromatic carbocycles. The predicted molar refractivity (Wildman–Crippen MR) is 83.6 cm³/mol. The van der Waals surface area contributed by atoms with Crippen molar-refractivity contribution < 1.29 is 13.5 Å². The Morgan fingerprint density at radius 1 is 1.13 bits per heavy atom. The number of aromatic nitrogens is 2. The maximum absolute atomic E-state index is 13.1. The number of ether oxygens (including phenoxy) is 1. The molecule has 0 aliphatic rings. The highest BCUT2D eigenvalue weighted by Gasteiger charge is 2.18. The number of fused-ring (bicyclic) bond motifs is 3. The fraction of sp³-hybridized carbons (Fsp3) is 0.0588. The van der Waals surface area contributed by atoms with Gasteiger partial charge >= 0.3 is 11.6 Å². The van der Waals surface area contributed by atoms with E-state index < -0.39 is 11.4 Å². The Balaban J connectivity index is 2.12. The van der Waals surface area contributed by atoms with Crippen LogP contribution in [0.25, 0.3) is 27.8 Å². The van der Waals surface area contributed by atoms with E-state index in [-0.39, 0.29) is 11.6 Å². The van der Waals surface area contributed by atoms with E-state index in [1.807, 2.05) is 18.2 Å². The minimum absolute atomic E-state index is 0.112. The summed E-state index contributed by atoms with van der Waals surface area (Å²) in [4.78, 5) is 17.2. The van der Waals surface area contributed by atoms with Gasteiger partial charge in [-0.15, -0.1) is 0 Å². The van der Waals surface area contributed by atoms with Gasteiger partial charge in [0.05, 0.1) is 12.8 Å². The fourth-order valence-electron chi connectivity index (χ4n) is 2.58. The highest BCUT2D eigenvalue weighted by Crippen LogP contribution is 2.27. The molecule has 6 heteroatoms. The molecular weight excluding hydrogens is 299 g/mol. The third-order valence-corrected chi connectivity index (χ3v) is 3.63. The monoisotopic (exact) mass is 310 g/mol. The summed E-state index contributed by atoms with van der Waals surface area (Å²) in [7, 11) is 1.43. The highest BCUT2D eigenvalue weighted by molar-refractivity contribution is 6.02. The molecule has 2 heterocycles. The van der Waals surface area contributed by atoms with Crippen molar-refractivity contribution in [3.63, 3.8) is 0 Å². The first-order valence-electron chi connectivity index (χ1n) is 6.93. The molecule has 0 N–H and O–H groups in total. The molecule has 0 saturated heterocycles. The van der Waals surface area contributed by atoms with E-state index in [4.69, 9.17) is 9.15 Å². The molecule has 0 saturated carbocycles. The molecule has 0 unspecified atom stereocenters. The third-order valence-electron chi connectivity index (χ3n) is 3.63. The average molecular weight is 310 g/mol. The average Bonchev–Trinajstić information content (AvgIpc) is 2.95. The maximum atomic E-state index is 13.1. The Bertz CT molecular complexity index is 1080. The smallest absolute Gasteiger partial charge is 0.304 e. The van der Waals surface area contributed by atoms with Gasteiger partial charge in [-0.05, 0) is 36.4 Å². The normalized spacial score (nSPS) is 11.2. The predicted octanol–water partition coefficient (Wildman–Crippen LogP) is 3.28. The molecule has 0 spiro atoms. The van der Waals surface area contributed by atoms with E-state index >= 15 is 0 Å². The van der Waals surface area contributed by atoms with Gasteiger partial charge in [0.15, 0.2) is 0 Å². The van der Waals surface area contributed by atoms with Gasteiger partial charge in [0.25, 0.3) is 0 Å². The Hall–Kier alpha value is -3.15. The first-order chi connectivity index (χ1) is 11.2. The van der Waals surface area contributed by atoms with Gasteiger partial charge in [-0.1, -0.05) is 12.1 Å². The molecule has 0 atom stereocenters. The largest absolute Gasteiger partial charge is 0.468 e. The Morgan fingerprint density at radius 2 is 1.87 bits per heavy atom. The number of benzene rings is 2. The van der Waals surface area contributed by atoms with Crippen LogP contribution in [0.5, 0.6) is 6.01 Å². The summed E-state index contributed by atoms with van der Waals surface area (Å²) < 4.78 is 25.3. The van der Waals surface area contributed by atoms with E-state index in [1.165, 1.54) is 35.9 Å². The maximum Gasteiger partial charge on any atom is 0.304 e. The molecule has 0 aliphatic heterocycles. The van der Waals surface area contributed by atoms with Crippen LogP contribution in [0.4, 0.5) is 4.39 Å². The van der Waals surface area contributed by atoms with Crippen molar-refractivity contribution in [3.8, 4) is 11.7 Å². The van der Waals surface area contributed by atoms with Crippen molar-refractivity contribution in [1.29, 1.82) is 0 Å². The zero-order valence-electron chi connectivity index (χ0n) is 12.1. The number of halogens is 1. The van der Waals surface area contributed by atoms with Crippen molar-refractivity contribution in [2.75, 3.05) is 7.11 Å². The van der Waals surface area contributed by atoms with Gasteiger partial charge in [-0.3, -0.25) is 4.79 Å². The molecule has 0 aliphatic carbocycles. The van der Waals surface area contributed by atoms with Crippen molar-refractivity contribution in [3.05, 3.63) is 64.7 Å². The molecule has 5 nitrogen and oxygen atoms in total. The SMILES string of the molecule is COc1nc2c(oc3ccccc32)c(=O)n1-c1ccc(F)cc1. The molecular formula is C17H11FN2O3. The van der Waals surface area contributed by atoms with E-state index in [0.717, 1.165) is 5.39 Å². The van der Waals surface area contributed by atoms with Gasteiger partial charge in [-0.2, -0.15) is 4.98 Å². The molecule has 0 amide bonds. The van der Waals surface area contributed by atoms with Crippen molar-refractivity contribution >= 4 is 22.1 Å². The summed E-state index contributed by atoms with van der Waals surface area (Å²) in [5, 5.41) is 0.740. The van der Waals surface area contributed by atoms with Crippen LogP contribution in [0.2, 0.25) is 0 Å². The first kappa shape index (κ1) is 13.5. The molecule has 0 bridgehead atoms. The van der Waals surface area contributed by atoms with E-state index in [2.05, 4.69) is 4.98 Å². The van der Waals surface area contributed by atoms with E-state index in [1.54, 1.807) is 6.07 Å². The number of methoxy groups -OCH3 is 1. The second-order valence-electron chi connectivity index (χ2n) is 4.99. The van der Waals surface area contributed by atoms with Crippen LogP contribution >= 0.6 is 0 Å². The number of furan rings is 1. The lowest BCUT2D eigenvalue weighted by molar-refractivity contribution is 0.367. The lowest BCUT2D eigenvalue weighted by atomic mass is 10.2. The highest BCUT2D eigenvalue weighted by atomic mass is 19.1. The Kier molecular flexibility index (Phi) is 2.90. The van der Waals surface area contributed by atoms with Gasteiger partial charge in [0.2, 0.25) is 5.58 Å². The van der Waals surface area contributed by atoms with Gasteiger partial charge in [0.1, 0.15) is 16.9 Å². The number of para-hydroxylation sites is 1. The zero-order valence-corrected chi connectivity index (χ0v) is 12.1. The minimum Gasteiger partial charge on any atom is -0.468 e. The van der Waals surface area contributed by atoms with Crippen molar-refractivity contribution in [2.24, 2.45) is 0 Å². The lowest BCUT2D eigenvalue weighted by Gasteiger charge is -2.10. The topological polar surface area (TPSA) is 57.3 Å². The lowest BCUT2D eigenvalue weighted by Crippen LogP contribution is -2.21. The van der Waals surface area contributed by atoms with Crippen molar-refractivity contribution in [2.45, 2.75) is 0 Å². The van der Waals surface area contributed by atoms with Crippen LogP contribution in [0.15, 0.2) is 57.7 Å². The standard InChI is InChI=1S/C17H11FN2O3/c1-22-17-19-14-12-4-2-3-5-13(12)23-15(14)16(21)20(17)11-8-6-10(18)7-9-11/h2-9H,1H3. The van der Waals surface area contributed by atoms with E-state index in [9.17, 15) is 9.18 Å². The summed E-state index contributed by atoms with van der Waals surface area (Å²) in [6, 6.07) is 12.9. The summed E-state index contributed by atoms with van der Waals surface area (Å²) in [5.74, 6) is -0.390. The van der Waals surface area contributed by atoms with Crippen LogP contribution in [0, 0.1) is 5.82 Å². The van der Waals surface area contributed by atoms with Crippen molar-refractivity contribution in [1.82, 2.24) is 9.55 Å².